The molecule has 0 heterocycles. The molecule has 2 aromatic rings. The van der Waals surface area contributed by atoms with E-state index in [1.807, 2.05) is 0 Å². The molecule has 5 nitrogen and oxygen atoms in total. The first-order chi connectivity index (χ1) is 10.9. The van der Waals surface area contributed by atoms with Gasteiger partial charge in [0.05, 0.1) is 0 Å². The molecule has 3 amide bonds. The number of carbonyl (C=O) groups is 2. The Bertz CT molecular complexity index is 763. The van der Waals surface area contributed by atoms with Crippen LogP contribution in [0.5, 0.6) is 0 Å². The summed E-state index contributed by atoms with van der Waals surface area (Å²) in [5.41, 5.74) is 7.67. The van der Waals surface area contributed by atoms with Gasteiger partial charge in [0.25, 0.3) is 0 Å². The van der Waals surface area contributed by atoms with E-state index in [1.165, 1.54) is 0 Å². The minimum atomic E-state index is -0.504. The van der Waals surface area contributed by atoms with Crippen molar-refractivity contribution in [2.45, 2.75) is 13.5 Å². The van der Waals surface area contributed by atoms with Crippen molar-refractivity contribution in [3.8, 4) is 0 Å². The van der Waals surface area contributed by atoms with Crippen LogP contribution in [0.1, 0.15) is 21.5 Å². The minimum absolute atomic E-state index is 0.264. The minimum Gasteiger partial charge on any atom is -0.366 e. The third-order valence-electron chi connectivity index (χ3n) is 3.20. The number of anilines is 1. The van der Waals surface area contributed by atoms with Gasteiger partial charge in [0.15, 0.2) is 0 Å². The van der Waals surface area contributed by atoms with E-state index in [0.29, 0.717) is 26.9 Å². The number of rotatable bonds is 4. The summed E-state index contributed by atoms with van der Waals surface area (Å²) < 4.78 is 0. The fourth-order valence-electron chi connectivity index (χ4n) is 2.03. The van der Waals surface area contributed by atoms with Crippen molar-refractivity contribution in [3.05, 3.63) is 63.1 Å². The second-order valence-corrected chi connectivity index (χ2v) is 5.78. The largest absolute Gasteiger partial charge is 0.366 e. The van der Waals surface area contributed by atoms with Gasteiger partial charge in [0, 0.05) is 27.8 Å². The normalized spacial score (nSPS) is 10.2. The fourth-order valence-corrected chi connectivity index (χ4v) is 2.51. The quantitative estimate of drug-likeness (QED) is 0.783. The molecule has 0 aliphatic carbocycles. The molecule has 4 N–H and O–H groups in total. The first kappa shape index (κ1) is 17.1. The van der Waals surface area contributed by atoms with Gasteiger partial charge in [-0.1, -0.05) is 29.3 Å². The zero-order valence-electron chi connectivity index (χ0n) is 12.3. The molecule has 0 spiro atoms. The first-order valence-electron chi connectivity index (χ1n) is 6.76. The molecule has 0 aliphatic heterocycles. The van der Waals surface area contributed by atoms with Crippen LogP contribution in [0.25, 0.3) is 0 Å². The van der Waals surface area contributed by atoms with Gasteiger partial charge in [0.2, 0.25) is 5.91 Å². The molecule has 2 aromatic carbocycles. The van der Waals surface area contributed by atoms with Crippen molar-refractivity contribution < 1.29 is 9.59 Å². The third-order valence-corrected chi connectivity index (χ3v) is 3.79. The standard InChI is InChI=1S/C16H15Cl2N3O2/c1-9-6-12(4-5-13(9)15(19)22)21-16(23)20-8-10-2-3-11(17)7-14(10)18/h2-7H,8H2,1H3,(H2,19,22)(H2,20,21,23). The molecule has 120 valence electrons. The molecule has 0 aromatic heterocycles. The predicted octanol–water partition coefficient (Wildman–Crippen LogP) is 3.72. The van der Waals surface area contributed by atoms with Crippen molar-refractivity contribution in [2.75, 3.05) is 5.32 Å². The number of halogens is 2. The van der Waals surface area contributed by atoms with Gasteiger partial charge in [-0.3, -0.25) is 4.79 Å². The van der Waals surface area contributed by atoms with Crippen LogP contribution in [0.2, 0.25) is 10.0 Å². The molecule has 2 rings (SSSR count). The lowest BCUT2D eigenvalue weighted by atomic mass is 10.1. The lowest BCUT2D eigenvalue weighted by Gasteiger charge is -2.10. The average molecular weight is 352 g/mol. The number of nitrogens with one attached hydrogen (secondary N) is 2. The summed E-state index contributed by atoms with van der Waals surface area (Å²) >= 11 is 11.9. The zero-order chi connectivity index (χ0) is 17.0. The first-order valence-corrected chi connectivity index (χ1v) is 7.51. The number of carbonyl (C=O) groups excluding carboxylic acids is 2. The number of aryl methyl sites for hydroxylation is 1. The van der Waals surface area contributed by atoms with Crippen LogP contribution in [-0.2, 0) is 6.54 Å². The molecule has 0 atom stereocenters. The van der Waals surface area contributed by atoms with Crippen molar-refractivity contribution in [3.63, 3.8) is 0 Å². The molecule has 0 bridgehead atoms. The second-order valence-electron chi connectivity index (χ2n) is 4.94. The number of nitrogens with two attached hydrogens (primary N) is 1. The number of hydrogen-bond acceptors (Lipinski definition) is 2. The summed E-state index contributed by atoms with van der Waals surface area (Å²) in [4.78, 5) is 23.1. The maximum Gasteiger partial charge on any atom is 0.319 e. The molecule has 7 heteroatoms. The number of benzene rings is 2. The van der Waals surface area contributed by atoms with E-state index in [0.717, 1.165) is 5.56 Å². The highest BCUT2D eigenvalue weighted by Gasteiger charge is 2.08. The maximum absolute atomic E-state index is 11.9. The molecule has 0 unspecified atom stereocenters. The predicted molar refractivity (Wildman–Crippen MR) is 92.0 cm³/mol. The Morgan fingerprint density at radius 3 is 2.48 bits per heavy atom. The van der Waals surface area contributed by atoms with Crippen LogP contribution in [0.3, 0.4) is 0 Å². The second kappa shape index (κ2) is 7.35. The van der Waals surface area contributed by atoms with Crippen LogP contribution in [-0.4, -0.2) is 11.9 Å². The maximum atomic E-state index is 11.9. The van der Waals surface area contributed by atoms with Crippen LogP contribution in [0, 0.1) is 6.92 Å². The number of amides is 3. The van der Waals surface area contributed by atoms with Gasteiger partial charge in [-0.2, -0.15) is 0 Å². The van der Waals surface area contributed by atoms with Gasteiger partial charge < -0.3 is 16.4 Å². The summed E-state index contributed by atoms with van der Waals surface area (Å²) in [6.45, 7) is 2.01. The average Bonchev–Trinajstić information content (AvgIpc) is 2.46. The van der Waals surface area contributed by atoms with Gasteiger partial charge in [-0.15, -0.1) is 0 Å². The lowest BCUT2D eigenvalue weighted by Crippen LogP contribution is -2.28. The molecule has 0 fully saturated rings. The Kier molecular flexibility index (Phi) is 5.47. The van der Waals surface area contributed by atoms with E-state index < -0.39 is 5.91 Å². The van der Waals surface area contributed by atoms with Crippen molar-refractivity contribution in [1.82, 2.24) is 5.32 Å². The Balaban J connectivity index is 1.97. The monoisotopic (exact) mass is 351 g/mol. The highest BCUT2D eigenvalue weighted by Crippen LogP contribution is 2.21. The van der Waals surface area contributed by atoms with Crippen LogP contribution in [0.4, 0.5) is 10.5 Å². The highest BCUT2D eigenvalue weighted by atomic mass is 35.5. The summed E-state index contributed by atoms with van der Waals surface area (Å²) in [6.07, 6.45) is 0. The summed E-state index contributed by atoms with van der Waals surface area (Å²) in [6, 6.07) is 9.54. The Morgan fingerprint density at radius 2 is 1.87 bits per heavy atom. The molecular weight excluding hydrogens is 337 g/mol. The van der Waals surface area contributed by atoms with Crippen LogP contribution < -0.4 is 16.4 Å². The zero-order valence-corrected chi connectivity index (χ0v) is 13.8. The molecular formula is C16H15Cl2N3O2. The van der Waals surface area contributed by atoms with E-state index in [2.05, 4.69) is 10.6 Å². The topological polar surface area (TPSA) is 84.2 Å². The van der Waals surface area contributed by atoms with Crippen LogP contribution in [0.15, 0.2) is 36.4 Å². The Morgan fingerprint density at radius 1 is 1.13 bits per heavy atom. The molecule has 0 saturated heterocycles. The summed E-state index contributed by atoms with van der Waals surface area (Å²) in [5, 5.41) is 6.40. The van der Waals surface area contributed by atoms with Gasteiger partial charge >= 0.3 is 6.03 Å². The molecule has 0 saturated carbocycles. The Labute approximate surface area is 143 Å². The van der Waals surface area contributed by atoms with E-state index >= 15 is 0 Å². The third kappa shape index (κ3) is 4.61. The summed E-state index contributed by atoms with van der Waals surface area (Å²) in [5.74, 6) is -0.504. The van der Waals surface area contributed by atoms with Crippen LogP contribution >= 0.6 is 23.2 Å². The fraction of sp³-hybridized carbons (Fsp3) is 0.125. The smallest absolute Gasteiger partial charge is 0.319 e. The number of primary amides is 1. The number of urea groups is 1. The van der Waals surface area contributed by atoms with Crippen molar-refractivity contribution in [2.24, 2.45) is 5.73 Å². The molecule has 23 heavy (non-hydrogen) atoms. The molecule has 0 aliphatic rings. The highest BCUT2D eigenvalue weighted by molar-refractivity contribution is 6.35. The van der Waals surface area contributed by atoms with Crippen molar-refractivity contribution in [1.29, 1.82) is 0 Å². The number of hydrogen-bond donors (Lipinski definition) is 3. The van der Waals surface area contributed by atoms with Gasteiger partial charge in [-0.25, -0.2) is 4.79 Å². The summed E-state index contributed by atoms with van der Waals surface area (Å²) in [7, 11) is 0. The van der Waals surface area contributed by atoms with E-state index in [1.54, 1.807) is 43.3 Å². The Hall–Kier alpha value is -2.24. The lowest BCUT2D eigenvalue weighted by molar-refractivity contribution is 0.0999. The van der Waals surface area contributed by atoms with Gasteiger partial charge in [0.1, 0.15) is 0 Å². The van der Waals surface area contributed by atoms with E-state index in [-0.39, 0.29) is 12.6 Å². The van der Waals surface area contributed by atoms with E-state index in [9.17, 15) is 9.59 Å². The molecule has 0 radical (unpaired) electrons. The van der Waals surface area contributed by atoms with Crippen molar-refractivity contribution >= 4 is 40.8 Å². The SMILES string of the molecule is Cc1cc(NC(=O)NCc2ccc(Cl)cc2Cl)ccc1C(N)=O. The van der Waals surface area contributed by atoms with Gasteiger partial charge in [-0.05, 0) is 48.4 Å². The van der Waals surface area contributed by atoms with E-state index in [4.69, 9.17) is 28.9 Å².